The molecule has 2 aliphatic rings. The number of hydrogen-bond acceptors (Lipinski definition) is 4. The number of nitrogens with one attached hydrogen (secondary N) is 3. The first kappa shape index (κ1) is 15.5. The summed E-state index contributed by atoms with van der Waals surface area (Å²) in [4.78, 5) is 35.6. The summed E-state index contributed by atoms with van der Waals surface area (Å²) >= 11 is 0. The monoisotopic (exact) mass is 293 g/mol. The van der Waals surface area contributed by atoms with Gasteiger partial charge in [-0.05, 0) is 39.5 Å². The van der Waals surface area contributed by atoms with Gasteiger partial charge in [-0.15, -0.1) is 0 Å². The molecule has 2 rings (SSSR count). The van der Waals surface area contributed by atoms with Gasteiger partial charge in [0.1, 0.15) is 0 Å². The molecular weight excluding hydrogens is 270 g/mol. The summed E-state index contributed by atoms with van der Waals surface area (Å²) < 4.78 is 0. The molecule has 1 saturated carbocycles. The molecule has 0 radical (unpaired) electrons. The molecule has 0 aromatic carbocycles. The van der Waals surface area contributed by atoms with Gasteiger partial charge in [-0.25, -0.2) is 0 Å². The van der Waals surface area contributed by atoms with Crippen molar-refractivity contribution in [3.05, 3.63) is 11.8 Å². The predicted octanol–water partition coefficient (Wildman–Crippen LogP) is 0.386. The van der Waals surface area contributed by atoms with E-state index in [1.54, 1.807) is 6.92 Å². The Morgan fingerprint density at radius 2 is 2.10 bits per heavy atom. The number of carbonyl (C=O) groups excluding carboxylic acids is 3. The number of hydrogen-bond donors (Lipinski definition) is 3. The molecule has 6 heteroatoms. The Labute approximate surface area is 124 Å². The third kappa shape index (κ3) is 4.06. The van der Waals surface area contributed by atoms with E-state index >= 15 is 0 Å². The maximum atomic E-state index is 12.1. The highest BCUT2D eigenvalue weighted by Gasteiger charge is 2.50. The summed E-state index contributed by atoms with van der Waals surface area (Å²) in [5.74, 6) is -0.742. The third-order valence-electron chi connectivity index (χ3n) is 3.93. The first-order chi connectivity index (χ1) is 9.95. The zero-order valence-corrected chi connectivity index (χ0v) is 12.6. The van der Waals surface area contributed by atoms with Gasteiger partial charge in [0.25, 0.3) is 0 Å². The Hall–Kier alpha value is -1.85. The Morgan fingerprint density at radius 3 is 2.62 bits per heavy atom. The van der Waals surface area contributed by atoms with E-state index in [9.17, 15) is 14.4 Å². The number of Topliss-reactive ketones (excluding diaryl/α,β-unsaturated/α-hetero) is 1. The predicted molar refractivity (Wildman–Crippen MR) is 78.3 cm³/mol. The van der Waals surface area contributed by atoms with Crippen molar-refractivity contribution >= 4 is 17.6 Å². The van der Waals surface area contributed by atoms with Gasteiger partial charge >= 0.3 is 0 Å². The molecule has 2 amide bonds. The van der Waals surface area contributed by atoms with Gasteiger partial charge < -0.3 is 16.0 Å². The minimum atomic E-state index is -0.816. The van der Waals surface area contributed by atoms with E-state index in [4.69, 9.17) is 0 Å². The van der Waals surface area contributed by atoms with Crippen LogP contribution in [0, 0.1) is 0 Å². The summed E-state index contributed by atoms with van der Waals surface area (Å²) in [6, 6.07) is 0.387. The highest BCUT2D eigenvalue weighted by molar-refractivity contribution is 6.06. The maximum absolute atomic E-state index is 12.1. The van der Waals surface area contributed by atoms with E-state index in [1.807, 2.05) is 0 Å². The van der Waals surface area contributed by atoms with Crippen LogP contribution in [0.25, 0.3) is 0 Å². The number of ketones is 1. The lowest BCUT2D eigenvalue weighted by Crippen LogP contribution is -2.44. The van der Waals surface area contributed by atoms with Crippen molar-refractivity contribution in [3.8, 4) is 0 Å². The molecule has 116 valence electrons. The van der Waals surface area contributed by atoms with Gasteiger partial charge in [0.05, 0.1) is 12.0 Å². The number of allylic oxidation sites excluding steroid dienone is 1. The standard InChI is InChI=1S/C15H23N3O3/c1-3-16-13(20)9-12(19)15(6-7-15)18-14(21)8-11-5-4-10(2)17-11/h8,10,17H,3-7,9H2,1-2H3,(H,16,20)(H,18,21)/b11-8-/t10-/m0/s1. The van der Waals surface area contributed by atoms with Crippen molar-refractivity contribution in [1.29, 1.82) is 0 Å². The molecule has 2 fully saturated rings. The van der Waals surface area contributed by atoms with Crippen LogP contribution in [-0.4, -0.2) is 35.7 Å². The number of carbonyl (C=O) groups is 3. The first-order valence-electron chi connectivity index (χ1n) is 7.54. The molecule has 0 aromatic heterocycles. The van der Waals surface area contributed by atoms with E-state index in [0.717, 1.165) is 18.5 Å². The molecule has 0 bridgehead atoms. The lowest BCUT2D eigenvalue weighted by atomic mass is 10.1. The molecule has 1 atom stereocenters. The molecule has 0 aromatic rings. The first-order valence-corrected chi connectivity index (χ1v) is 7.54. The van der Waals surface area contributed by atoms with Crippen molar-refractivity contribution in [2.24, 2.45) is 0 Å². The van der Waals surface area contributed by atoms with Gasteiger partial charge in [-0.2, -0.15) is 0 Å². The molecule has 1 aliphatic carbocycles. The van der Waals surface area contributed by atoms with Gasteiger partial charge in [-0.1, -0.05) is 0 Å². The fourth-order valence-corrected chi connectivity index (χ4v) is 2.55. The maximum Gasteiger partial charge on any atom is 0.246 e. The second kappa shape index (κ2) is 6.28. The zero-order chi connectivity index (χ0) is 15.5. The molecule has 6 nitrogen and oxygen atoms in total. The number of amides is 2. The van der Waals surface area contributed by atoms with Crippen LogP contribution in [0.3, 0.4) is 0 Å². The van der Waals surface area contributed by atoms with Crippen molar-refractivity contribution < 1.29 is 14.4 Å². The van der Waals surface area contributed by atoms with E-state index in [-0.39, 0.29) is 24.0 Å². The van der Waals surface area contributed by atoms with Gasteiger partial charge in [0.15, 0.2) is 5.78 Å². The quantitative estimate of drug-likeness (QED) is 0.488. The van der Waals surface area contributed by atoms with Crippen LogP contribution in [0.15, 0.2) is 11.8 Å². The molecular formula is C15H23N3O3. The molecule has 1 aliphatic heterocycles. The minimum Gasteiger partial charge on any atom is -0.386 e. The molecule has 21 heavy (non-hydrogen) atoms. The van der Waals surface area contributed by atoms with Crippen molar-refractivity contribution in [2.75, 3.05) is 6.54 Å². The normalized spacial score (nSPS) is 24.3. The van der Waals surface area contributed by atoms with Gasteiger partial charge in [0.2, 0.25) is 11.8 Å². The third-order valence-corrected chi connectivity index (χ3v) is 3.93. The van der Waals surface area contributed by atoms with Crippen LogP contribution in [-0.2, 0) is 14.4 Å². The fraction of sp³-hybridized carbons (Fsp3) is 0.667. The van der Waals surface area contributed by atoms with E-state index in [1.165, 1.54) is 6.08 Å². The van der Waals surface area contributed by atoms with Gasteiger partial charge in [-0.3, -0.25) is 14.4 Å². The molecule has 1 saturated heterocycles. The molecule has 3 N–H and O–H groups in total. The van der Waals surface area contributed by atoms with E-state index in [2.05, 4.69) is 22.9 Å². The Bertz CT molecular complexity index is 481. The largest absolute Gasteiger partial charge is 0.386 e. The van der Waals surface area contributed by atoms with Crippen molar-refractivity contribution in [2.45, 2.75) is 57.5 Å². The van der Waals surface area contributed by atoms with E-state index in [0.29, 0.717) is 25.4 Å². The minimum absolute atomic E-state index is 0.167. The van der Waals surface area contributed by atoms with Crippen LogP contribution in [0.1, 0.15) is 46.0 Å². The molecule has 0 unspecified atom stereocenters. The summed E-state index contributed by atoms with van der Waals surface area (Å²) in [7, 11) is 0. The summed E-state index contributed by atoms with van der Waals surface area (Å²) in [6.45, 7) is 4.37. The Morgan fingerprint density at radius 1 is 1.38 bits per heavy atom. The van der Waals surface area contributed by atoms with Crippen LogP contribution in [0.4, 0.5) is 0 Å². The smallest absolute Gasteiger partial charge is 0.246 e. The Kier molecular flexibility index (Phi) is 4.65. The number of rotatable bonds is 6. The summed E-state index contributed by atoms with van der Waals surface area (Å²) in [6.07, 6.45) is 4.46. The fourth-order valence-electron chi connectivity index (χ4n) is 2.55. The van der Waals surface area contributed by atoms with Crippen LogP contribution in [0.2, 0.25) is 0 Å². The highest BCUT2D eigenvalue weighted by Crippen LogP contribution is 2.37. The van der Waals surface area contributed by atoms with Crippen molar-refractivity contribution in [3.63, 3.8) is 0 Å². The molecule has 0 spiro atoms. The Balaban J connectivity index is 1.88. The lowest BCUT2D eigenvalue weighted by Gasteiger charge is -2.15. The molecule has 1 heterocycles. The van der Waals surface area contributed by atoms with Crippen molar-refractivity contribution in [1.82, 2.24) is 16.0 Å². The zero-order valence-electron chi connectivity index (χ0n) is 12.6. The summed E-state index contributed by atoms with van der Waals surface area (Å²) in [5, 5.41) is 8.59. The topological polar surface area (TPSA) is 87.3 Å². The van der Waals surface area contributed by atoms with E-state index < -0.39 is 5.54 Å². The average Bonchev–Trinajstić information content (AvgIpc) is 3.06. The second-order valence-electron chi connectivity index (χ2n) is 5.88. The lowest BCUT2D eigenvalue weighted by molar-refractivity contribution is -0.132. The highest BCUT2D eigenvalue weighted by atomic mass is 16.2. The summed E-state index contributed by atoms with van der Waals surface area (Å²) in [5.41, 5.74) is 0.0932. The van der Waals surface area contributed by atoms with Crippen LogP contribution < -0.4 is 16.0 Å². The SMILES string of the molecule is CCNC(=O)CC(=O)C1(NC(=O)/C=C2/CC[C@H](C)N2)CC1. The second-order valence-corrected chi connectivity index (χ2v) is 5.88. The van der Waals surface area contributed by atoms with Crippen LogP contribution >= 0.6 is 0 Å². The average molecular weight is 293 g/mol. The van der Waals surface area contributed by atoms with Gasteiger partial charge in [0, 0.05) is 24.4 Å². The van der Waals surface area contributed by atoms with Crippen LogP contribution in [0.5, 0.6) is 0 Å².